The van der Waals surface area contributed by atoms with Gasteiger partial charge < -0.3 is 10.4 Å². The molecule has 1 unspecified atom stereocenters. The van der Waals surface area contributed by atoms with Crippen LogP contribution in [0.4, 0.5) is 0 Å². The number of rotatable bonds is 5. The van der Waals surface area contributed by atoms with E-state index in [4.69, 9.17) is 0 Å². The molecule has 0 spiro atoms. The minimum Gasteiger partial charge on any atom is -0.507 e. The average Bonchev–Trinajstić information content (AvgIpc) is 2.47. The maximum atomic E-state index is 12.0. The lowest BCUT2D eigenvalue weighted by atomic mass is 9.98. The maximum absolute atomic E-state index is 12.0. The van der Waals surface area contributed by atoms with E-state index in [-0.39, 0.29) is 11.7 Å². The van der Waals surface area contributed by atoms with Crippen molar-refractivity contribution < 1.29 is 9.90 Å². The summed E-state index contributed by atoms with van der Waals surface area (Å²) in [4.78, 5) is 12.0. The number of hydrogen-bond donors (Lipinski definition) is 2. The van der Waals surface area contributed by atoms with E-state index in [0.29, 0.717) is 18.0 Å². The molecule has 0 saturated heterocycles. The molecule has 0 aliphatic heterocycles. The fourth-order valence-electron chi connectivity index (χ4n) is 2.14. The Morgan fingerprint density at radius 3 is 2.62 bits per heavy atom. The van der Waals surface area contributed by atoms with Gasteiger partial charge in [0.25, 0.3) is 5.91 Å². The van der Waals surface area contributed by atoms with E-state index in [1.807, 2.05) is 18.2 Å². The number of phenols is 1. The summed E-state index contributed by atoms with van der Waals surface area (Å²) in [5.74, 6) is 0.114. The number of hydrogen-bond acceptors (Lipinski definition) is 2. The second-order valence-electron chi connectivity index (χ2n) is 5.02. The van der Waals surface area contributed by atoms with Crippen molar-refractivity contribution in [3.63, 3.8) is 0 Å². The average molecular weight is 348 g/mol. The van der Waals surface area contributed by atoms with E-state index in [0.717, 1.165) is 10.9 Å². The number of aromatic hydroxyl groups is 1. The second-order valence-corrected chi connectivity index (χ2v) is 5.93. The molecule has 0 saturated carbocycles. The lowest BCUT2D eigenvalue weighted by Crippen LogP contribution is -2.25. The first-order chi connectivity index (χ1) is 10.1. The highest BCUT2D eigenvalue weighted by Crippen LogP contribution is 2.22. The smallest absolute Gasteiger partial charge is 0.255 e. The highest BCUT2D eigenvalue weighted by molar-refractivity contribution is 9.10. The fraction of sp³-hybridized carbons (Fsp3) is 0.235. The molecule has 110 valence electrons. The summed E-state index contributed by atoms with van der Waals surface area (Å²) in [6, 6.07) is 15.1. The Labute approximate surface area is 133 Å². The van der Waals surface area contributed by atoms with E-state index in [2.05, 4.69) is 40.3 Å². The number of nitrogens with one attached hydrogen (secondary N) is 1. The van der Waals surface area contributed by atoms with E-state index in [9.17, 15) is 9.90 Å². The first-order valence-electron chi connectivity index (χ1n) is 6.89. The van der Waals surface area contributed by atoms with E-state index < -0.39 is 0 Å². The molecule has 0 bridgehead atoms. The minimum absolute atomic E-state index is 0.0158. The van der Waals surface area contributed by atoms with Crippen LogP contribution in [0.15, 0.2) is 53.0 Å². The topological polar surface area (TPSA) is 49.3 Å². The normalized spacial score (nSPS) is 11.9. The van der Waals surface area contributed by atoms with Crippen LogP contribution in [0.25, 0.3) is 0 Å². The molecule has 3 nitrogen and oxygen atoms in total. The summed E-state index contributed by atoms with van der Waals surface area (Å²) < 4.78 is 0.745. The van der Waals surface area contributed by atoms with Crippen LogP contribution in [0.3, 0.4) is 0 Å². The monoisotopic (exact) mass is 347 g/mol. The lowest BCUT2D eigenvalue weighted by molar-refractivity contribution is 0.0950. The van der Waals surface area contributed by atoms with Crippen molar-refractivity contribution in [3.05, 3.63) is 64.1 Å². The highest BCUT2D eigenvalue weighted by atomic mass is 79.9. The molecule has 4 heteroatoms. The Bertz CT molecular complexity index is 613. The van der Waals surface area contributed by atoms with Crippen LogP contribution in [0, 0.1) is 0 Å². The SMILES string of the molecule is CC(CCNC(=O)c1ccc(Br)cc1O)c1ccccc1. The van der Waals surface area contributed by atoms with E-state index in [1.165, 1.54) is 11.6 Å². The van der Waals surface area contributed by atoms with Crippen LogP contribution < -0.4 is 5.32 Å². The number of phenolic OH excluding ortho intramolecular Hbond substituents is 1. The molecule has 0 aliphatic rings. The summed E-state index contributed by atoms with van der Waals surface area (Å²) >= 11 is 3.25. The second kappa shape index (κ2) is 7.27. The third-order valence-corrected chi connectivity index (χ3v) is 3.93. The van der Waals surface area contributed by atoms with Gasteiger partial charge in [0, 0.05) is 11.0 Å². The third kappa shape index (κ3) is 4.33. The van der Waals surface area contributed by atoms with Crippen molar-refractivity contribution in [3.8, 4) is 5.75 Å². The van der Waals surface area contributed by atoms with Gasteiger partial charge in [-0.2, -0.15) is 0 Å². The van der Waals surface area contributed by atoms with E-state index in [1.54, 1.807) is 12.1 Å². The number of benzene rings is 2. The summed E-state index contributed by atoms with van der Waals surface area (Å²) in [7, 11) is 0. The van der Waals surface area contributed by atoms with Gasteiger partial charge in [-0.15, -0.1) is 0 Å². The number of halogens is 1. The number of carbonyl (C=O) groups is 1. The van der Waals surface area contributed by atoms with Crippen LogP contribution in [-0.4, -0.2) is 17.6 Å². The van der Waals surface area contributed by atoms with Gasteiger partial charge in [0.1, 0.15) is 5.75 Å². The quantitative estimate of drug-likeness (QED) is 0.856. The van der Waals surface area contributed by atoms with Gasteiger partial charge in [-0.05, 0) is 36.1 Å². The van der Waals surface area contributed by atoms with E-state index >= 15 is 0 Å². The maximum Gasteiger partial charge on any atom is 0.255 e. The zero-order chi connectivity index (χ0) is 15.2. The molecule has 0 fully saturated rings. The Balaban J connectivity index is 1.87. The predicted molar refractivity (Wildman–Crippen MR) is 87.6 cm³/mol. The molecule has 0 aromatic heterocycles. The van der Waals surface area contributed by atoms with Crippen molar-refractivity contribution in [2.75, 3.05) is 6.54 Å². The van der Waals surface area contributed by atoms with Crippen LogP contribution >= 0.6 is 15.9 Å². The molecule has 0 aliphatic carbocycles. The van der Waals surface area contributed by atoms with Crippen LogP contribution in [0.5, 0.6) is 5.75 Å². The minimum atomic E-state index is -0.250. The summed E-state index contributed by atoms with van der Waals surface area (Å²) in [6.07, 6.45) is 0.854. The van der Waals surface area contributed by atoms with Gasteiger partial charge in [0.05, 0.1) is 5.56 Å². The molecule has 1 amide bonds. The molecule has 2 aromatic carbocycles. The van der Waals surface area contributed by atoms with Crippen molar-refractivity contribution in [1.29, 1.82) is 0 Å². The summed E-state index contributed by atoms with van der Waals surface area (Å²) in [6.45, 7) is 2.71. The number of carbonyl (C=O) groups excluding carboxylic acids is 1. The Morgan fingerprint density at radius 2 is 1.95 bits per heavy atom. The van der Waals surface area contributed by atoms with Crippen molar-refractivity contribution in [2.24, 2.45) is 0 Å². The van der Waals surface area contributed by atoms with Crippen molar-refractivity contribution >= 4 is 21.8 Å². The first-order valence-corrected chi connectivity index (χ1v) is 7.69. The van der Waals surface area contributed by atoms with Gasteiger partial charge >= 0.3 is 0 Å². The third-order valence-electron chi connectivity index (χ3n) is 3.44. The molecular weight excluding hydrogens is 330 g/mol. The fourth-order valence-corrected chi connectivity index (χ4v) is 2.49. The zero-order valence-electron chi connectivity index (χ0n) is 11.8. The lowest BCUT2D eigenvalue weighted by Gasteiger charge is -2.12. The molecule has 1 atom stereocenters. The Kier molecular flexibility index (Phi) is 5.39. The number of amides is 1. The first kappa shape index (κ1) is 15.6. The molecule has 2 rings (SSSR count). The Hall–Kier alpha value is -1.81. The van der Waals surface area contributed by atoms with Gasteiger partial charge in [-0.3, -0.25) is 4.79 Å². The largest absolute Gasteiger partial charge is 0.507 e. The van der Waals surface area contributed by atoms with Gasteiger partial charge in [-0.25, -0.2) is 0 Å². The standard InChI is InChI=1S/C17H18BrNO2/c1-12(13-5-3-2-4-6-13)9-10-19-17(21)15-8-7-14(18)11-16(15)20/h2-8,11-12,20H,9-10H2,1H3,(H,19,21). The van der Waals surface area contributed by atoms with Crippen LogP contribution in [0.2, 0.25) is 0 Å². The Morgan fingerprint density at radius 1 is 1.24 bits per heavy atom. The van der Waals surface area contributed by atoms with Crippen LogP contribution in [-0.2, 0) is 0 Å². The molecule has 21 heavy (non-hydrogen) atoms. The van der Waals surface area contributed by atoms with Crippen molar-refractivity contribution in [1.82, 2.24) is 5.32 Å². The van der Waals surface area contributed by atoms with Crippen LogP contribution in [0.1, 0.15) is 35.2 Å². The van der Waals surface area contributed by atoms with Crippen molar-refractivity contribution in [2.45, 2.75) is 19.3 Å². The zero-order valence-corrected chi connectivity index (χ0v) is 13.4. The molecule has 2 N–H and O–H groups in total. The molecule has 0 heterocycles. The highest BCUT2D eigenvalue weighted by Gasteiger charge is 2.11. The molecular formula is C17H18BrNO2. The molecule has 2 aromatic rings. The summed E-state index contributed by atoms with van der Waals surface area (Å²) in [5, 5.41) is 12.6. The van der Waals surface area contributed by atoms with Gasteiger partial charge in [0.15, 0.2) is 0 Å². The predicted octanol–water partition coefficient (Wildman–Crippen LogP) is 4.08. The summed E-state index contributed by atoms with van der Waals surface area (Å²) in [5.41, 5.74) is 1.56. The van der Waals surface area contributed by atoms with Gasteiger partial charge in [0.2, 0.25) is 0 Å². The van der Waals surface area contributed by atoms with Gasteiger partial charge in [-0.1, -0.05) is 53.2 Å². The molecule has 0 radical (unpaired) electrons.